The fourth-order valence-corrected chi connectivity index (χ4v) is 3.08. The van der Waals surface area contributed by atoms with Gasteiger partial charge in [-0.25, -0.2) is 9.97 Å². The number of benzene rings is 1. The summed E-state index contributed by atoms with van der Waals surface area (Å²) in [6.45, 7) is 9.04. The molecule has 3 rings (SSSR count). The summed E-state index contributed by atoms with van der Waals surface area (Å²) in [5.74, 6) is 1.48. The van der Waals surface area contributed by atoms with Gasteiger partial charge in [0.05, 0.1) is 0 Å². The Labute approximate surface area is 133 Å². The molecule has 1 unspecified atom stereocenters. The molecule has 0 spiro atoms. The Kier molecular flexibility index (Phi) is 4.25. The lowest BCUT2D eigenvalue weighted by atomic mass is 10.1. The van der Waals surface area contributed by atoms with Gasteiger partial charge in [-0.1, -0.05) is 30.3 Å². The molecule has 1 aromatic carbocycles. The molecule has 1 aromatic heterocycles. The van der Waals surface area contributed by atoms with Crippen LogP contribution in [0.5, 0.6) is 0 Å². The summed E-state index contributed by atoms with van der Waals surface area (Å²) < 4.78 is 0. The van der Waals surface area contributed by atoms with Crippen molar-refractivity contribution in [3.05, 3.63) is 59.7 Å². The van der Waals surface area contributed by atoms with Crippen molar-refractivity contribution in [2.75, 3.05) is 13.1 Å². The lowest BCUT2D eigenvalue weighted by molar-refractivity contribution is 0.172. The summed E-state index contributed by atoms with van der Waals surface area (Å²) in [4.78, 5) is 11.8. The standard InChI is InChI=1S/C19H25N3/c1-19(2,3)22-10-9-17(14-22)18-20-12-16(13-21-18)11-15-7-5-4-6-8-15/h4-8,12-13,17H,9-11,14H2,1-3H3. The molecule has 22 heavy (non-hydrogen) atoms. The van der Waals surface area contributed by atoms with Crippen LogP contribution in [0, 0.1) is 0 Å². The van der Waals surface area contributed by atoms with Crippen LogP contribution in [-0.2, 0) is 6.42 Å². The summed E-state index contributed by atoms with van der Waals surface area (Å²) in [7, 11) is 0. The quantitative estimate of drug-likeness (QED) is 0.865. The second-order valence-corrected chi connectivity index (χ2v) is 7.21. The minimum atomic E-state index is 0.238. The maximum atomic E-state index is 4.64. The van der Waals surface area contributed by atoms with Gasteiger partial charge in [0.25, 0.3) is 0 Å². The van der Waals surface area contributed by atoms with E-state index in [2.05, 4.69) is 59.9 Å². The number of likely N-dealkylation sites (tertiary alicyclic amines) is 1. The Morgan fingerprint density at radius 1 is 1.05 bits per heavy atom. The van der Waals surface area contributed by atoms with Gasteiger partial charge in [0.2, 0.25) is 0 Å². The Bertz CT molecular complexity index is 599. The first kappa shape index (κ1) is 15.2. The van der Waals surface area contributed by atoms with E-state index in [1.54, 1.807) is 0 Å². The van der Waals surface area contributed by atoms with Crippen LogP contribution < -0.4 is 0 Å². The molecule has 1 saturated heterocycles. The average molecular weight is 295 g/mol. The summed E-state index contributed by atoms with van der Waals surface area (Å²) in [5, 5.41) is 0. The van der Waals surface area contributed by atoms with E-state index in [0.29, 0.717) is 5.92 Å². The molecule has 0 aliphatic carbocycles. The topological polar surface area (TPSA) is 29.0 Å². The minimum Gasteiger partial charge on any atom is -0.298 e. The van der Waals surface area contributed by atoms with Crippen molar-refractivity contribution in [2.45, 2.75) is 45.1 Å². The van der Waals surface area contributed by atoms with Crippen LogP contribution in [0.15, 0.2) is 42.7 Å². The number of aromatic nitrogens is 2. The fraction of sp³-hybridized carbons (Fsp3) is 0.474. The molecule has 0 saturated carbocycles. The molecular weight excluding hydrogens is 270 g/mol. The van der Waals surface area contributed by atoms with E-state index >= 15 is 0 Å². The molecule has 1 fully saturated rings. The molecule has 0 bridgehead atoms. The molecule has 3 heteroatoms. The van der Waals surface area contributed by atoms with E-state index in [4.69, 9.17) is 0 Å². The highest BCUT2D eigenvalue weighted by molar-refractivity contribution is 5.23. The van der Waals surface area contributed by atoms with Crippen molar-refractivity contribution in [1.29, 1.82) is 0 Å². The van der Waals surface area contributed by atoms with E-state index in [9.17, 15) is 0 Å². The molecule has 3 nitrogen and oxygen atoms in total. The molecule has 0 N–H and O–H groups in total. The molecule has 1 aliphatic heterocycles. The summed E-state index contributed by atoms with van der Waals surface area (Å²) in [5.41, 5.74) is 2.72. The zero-order chi connectivity index (χ0) is 15.6. The first-order chi connectivity index (χ1) is 10.5. The summed E-state index contributed by atoms with van der Waals surface area (Å²) in [6, 6.07) is 10.5. The lowest BCUT2D eigenvalue weighted by Crippen LogP contribution is -2.39. The largest absolute Gasteiger partial charge is 0.298 e. The van der Waals surface area contributed by atoms with E-state index in [-0.39, 0.29) is 5.54 Å². The molecule has 116 valence electrons. The monoisotopic (exact) mass is 295 g/mol. The number of rotatable bonds is 3. The van der Waals surface area contributed by atoms with E-state index in [1.807, 2.05) is 18.5 Å². The van der Waals surface area contributed by atoms with E-state index < -0.39 is 0 Å². The smallest absolute Gasteiger partial charge is 0.132 e. The van der Waals surface area contributed by atoms with Gasteiger partial charge in [-0.2, -0.15) is 0 Å². The molecule has 1 aliphatic rings. The predicted molar refractivity (Wildman–Crippen MR) is 90.0 cm³/mol. The second-order valence-electron chi connectivity index (χ2n) is 7.21. The Morgan fingerprint density at radius 2 is 1.73 bits per heavy atom. The highest BCUT2D eigenvalue weighted by Gasteiger charge is 2.32. The molecule has 0 amide bonds. The van der Waals surface area contributed by atoms with Gasteiger partial charge in [-0.3, -0.25) is 4.90 Å². The number of nitrogens with zero attached hydrogens (tertiary/aromatic N) is 3. The van der Waals surface area contributed by atoms with Gasteiger partial charge in [0, 0.05) is 36.8 Å². The third-order valence-electron chi connectivity index (χ3n) is 4.48. The third-order valence-corrected chi connectivity index (χ3v) is 4.48. The van der Waals surface area contributed by atoms with Crippen LogP contribution in [-0.4, -0.2) is 33.5 Å². The first-order valence-corrected chi connectivity index (χ1v) is 8.12. The SMILES string of the molecule is CC(C)(C)N1CCC(c2ncc(Cc3ccccc3)cn2)C1. The second kappa shape index (κ2) is 6.17. The van der Waals surface area contributed by atoms with Gasteiger partial charge >= 0.3 is 0 Å². The van der Waals surface area contributed by atoms with Crippen LogP contribution in [0.4, 0.5) is 0 Å². The van der Waals surface area contributed by atoms with Gasteiger partial charge in [-0.05, 0) is 44.9 Å². The van der Waals surface area contributed by atoms with Crippen molar-refractivity contribution in [2.24, 2.45) is 0 Å². The van der Waals surface area contributed by atoms with Gasteiger partial charge in [0.15, 0.2) is 0 Å². The lowest BCUT2D eigenvalue weighted by Gasteiger charge is -2.31. The third kappa shape index (κ3) is 3.53. The van der Waals surface area contributed by atoms with Crippen LogP contribution in [0.1, 0.15) is 50.1 Å². The number of hydrogen-bond acceptors (Lipinski definition) is 3. The minimum absolute atomic E-state index is 0.238. The predicted octanol–water partition coefficient (Wildman–Crippen LogP) is 3.66. The summed E-state index contributed by atoms with van der Waals surface area (Å²) >= 11 is 0. The van der Waals surface area contributed by atoms with Crippen molar-refractivity contribution in [3.63, 3.8) is 0 Å². The molecule has 0 radical (unpaired) electrons. The number of hydrogen-bond donors (Lipinski definition) is 0. The Balaban J connectivity index is 1.65. The molecule has 2 heterocycles. The van der Waals surface area contributed by atoms with Gasteiger partial charge in [0.1, 0.15) is 5.82 Å². The van der Waals surface area contributed by atoms with Crippen molar-refractivity contribution >= 4 is 0 Å². The maximum absolute atomic E-state index is 4.64. The highest BCUT2D eigenvalue weighted by atomic mass is 15.2. The Morgan fingerprint density at radius 3 is 2.32 bits per heavy atom. The van der Waals surface area contributed by atoms with Gasteiger partial charge in [-0.15, -0.1) is 0 Å². The van der Waals surface area contributed by atoms with Crippen LogP contribution in [0.3, 0.4) is 0 Å². The average Bonchev–Trinajstić information content (AvgIpc) is 2.99. The van der Waals surface area contributed by atoms with Crippen molar-refractivity contribution < 1.29 is 0 Å². The zero-order valence-corrected chi connectivity index (χ0v) is 13.8. The van der Waals surface area contributed by atoms with Gasteiger partial charge < -0.3 is 0 Å². The van der Waals surface area contributed by atoms with E-state index in [0.717, 1.165) is 31.8 Å². The Hall–Kier alpha value is -1.74. The van der Waals surface area contributed by atoms with Crippen molar-refractivity contribution in [1.82, 2.24) is 14.9 Å². The maximum Gasteiger partial charge on any atom is 0.132 e. The van der Waals surface area contributed by atoms with Crippen LogP contribution in [0.2, 0.25) is 0 Å². The normalized spacial score (nSPS) is 19.5. The highest BCUT2D eigenvalue weighted by Crippen LogP contribution is 2.29. The zero-order valence-electron chi connectivity index (χ0n) is 13.8. The molecule has 1 atom stereocenters. The molecular formula is C19H25N3. The van der Waals surface area contributed by atoms with Crippen molar-refractivity contribution in [3.8, 4) is 0 Å². The summed E-state index contributed by atoms with van der Waals surface area (Å²) in [6.07, 6.45) is 6.05. The van der Waals surface area contributed by atoms with E-state index in [1.165, 1.54) is 11.1 Å². The van der Waals surface area contributed by atoms with Crippen LogP contribution in [0.25, 0.3) is 0 Å². The van der Waals surface area contributed by atoms with Crippen LogP contribution >= 0.6 is 0 Å². The molecule has 2 aromatic rings. The first-order valence-electron chi connectivity index (χ1n) is 8.12. The fourth-order valence-electron chi connectivity index (χ4n) is 3.08.